The topological polar surface area (TPSA) is 150 Å². The second-order valence-electron chi connectivity index (χ2n) is 7.96. The largest absolute Gasteiger partial charge is 0.480 e. The number of aliphatic carboxylic acids is 1. The van der Waals surface area contributed by atoms with Gasteiger partial charge in [-0.1, -0.05) is 12.1 Å². The molecule has 166 valence electrons. The standard InChI is InChI=1S/C21H26N4O6/c1-12(20(29)30)23-18(27)14-8-6-13(7-9-14)10-22-17(26)11-25-19(28)15-4-2-3-5-16(15)24-21(25)31/h2-5,12-14H,6-11H2,1H3,(H,22,26)(H,23,27)(H,24,31)(H,29,30). The van der Waals surface area contributed by atoms with E-state index in [4.69, 9.17) is 5.11 Å². The van der Waals surface area contributed by atoms with E-state index in [2.05, 4.69) is 15.6 Å². The van der Waals surface area contributed by atoms with Crippen molar-refractivity contribution in [3.05, 3.63) is 45.1 Å². The lowest BCUT2D eigenvalue weighted by molar-refractivity contribution is -0.142. The Morgan fingerprint density at radius 2 is 1.84 bits per heavy atom. The molecule has 2 amide bonds. The molecular weight excluding hydrogens is 404 g/mol. The molecule has 0 radical (unpaired) electrons. The molecule has 1 unspecified atom stereocenters. The van der Waals surface area contributed by atoms with Gasteiger partial charge in [0.05, 0.1) is 10.9 Å². The summed E-state index contributed by atoms with van der Waals surface area (Å²) < 4.78 is 0.878. The Hall–Kier alpha value is -3.43. The van der Waals surface area contributed by atoms with Gasteiger partial charge in [0.15, 0.2) is 0 Å². The molecular formula is C21H26N4O6. The van der Waals surface area contributed by atoms with E-state index in [1.807, 2.05) is 0 Å². The average molecular weight is 430 g/mol. The van der Waals surface area contributed by atoms with Gasteiger partial charge in [0.2, 0.25) is 11.8 Å². The van der Waals surface area contributed by atoms with Crippen LogP contribution in [0.25, 0.3) is 10.9 Å². The van der Waals surface area contributed by atoms with Gasteiger partial charge in [-0.15, -0.1) is 0 Å². The van der Waals surface area contributed by atoms with E-state index < -0.39 is 29.2 Å². The van der Waals surface area contributed by atoms with Gasteiger partial charge in [-0.25, -0.2) is 4.79 Å². The van der Waals surface area contributed by atoms with Crippen molar-refractivity contribution >= 4 is 28.7 Å². The summed E-state index contributed by atoms with van der Waals surface area (Å²) in [4.78, 5) is 62.6. The van der Waals surface area contributed by atoms with Crippen LogP contribution in [-0.4, -0.2) is 45.0 Å². The lowest BCUT2D eigenvalue weighted by Crippen LogP contribution is -2.43. The summed E-state index contributed by atoms with van der Waals surface area (Å²) in [5.74, 6) is -1.82. The van der Waals surface area contributed by atoms with E-state index in [0.29, 0.717) is 30.3 Å². The fourth-order valence-electron chi connectivity index (χ4n) is 3.82. The number of amides is 2. The number of H-pyrrole nitrogens is 1. The maximum Gasteiger partial charge on any atom is 0.329 e. The zero-order chi connectivity index (χ0) is 22.5. The van der Waals surface area contributed by atoms with Crippen LogP contribution in [0.15, 0.2) is 33.9 Å². The number of aromatic amines is 1. The summed E-state index contributed by atoms with van der Waals surface area (Å²) in [6.45, 7) is 1.44. The summed E-state index contributed by atoms with van der Waals surface area (Å²) in [5.41, 5.74) is -0.731. The number of rotatable bonds is 7. The molecule has 0 spiro atoms. The fourth-order valence-corrected chi connectivity index (χ4v) is 3.82. The highest BCUT2D eigenvalue weighted by Gasteiger charge is 2.28. The number of carboxylic acids is 1. The summed E-state index contributed by atoms with van der Waals surface area (Å²) in [6, 6.07) is 5.69. The molecule has 1 aliphatic rings. The molecule has 10 nitrogen and oxygen atoms in total. The first-order valence-corrected chi connectivity index (χ1v) is 10.3. The van der Waals surface area contributed by atoms with Crippen LogP contribution in [0.2, 0.25) is 0 Å². The first-order chi connectivity index (χ1) is 14.8. The van der Waals surface area contributed by atoms with Gasteiger partial charge < -0.3 is 20.7 Å². The van der Waals surface area contributed by atoms with Gasteiger partial charge in [0, 0.05) is 12.5 Å². The maximum atomic E-state index is 12.5. The fraction of sp³-hybridized carbons (Fsp3) is 0.476. The zero-order valence-corrected chi connectivity index (χ0v) is 17.2. The number of benzene rings is 1. The molecule has 1 saturated carbocycles. The number of aromatic nitrogens is 2. The monoisotopic (exact) mass is 430 g/mol. The number of nitrogens with zero attached hydrogens (tertiary/aromatic N) is 1. The van der Waals surface area contributed by atoms with Crippen LogP contribution in [0.3, 0.4) is 0 Å². The van der Waals surface area contributed by atoms with Gasteiger partial charge in [-0.3, -0.25) is 23.7 Å². The van der Waals surface area contributed by atoms with E-state index in [9.17, 15) is 24.0 Å². The molecule has 10 heteroatoms. The summed E-state index contributed by atoms with van der Waals surface area (Å²) in [6.07, 6.45) is 2.66. The summed E-state index contributed by atoms with van der Waals surface area (Å²) in [5, 5.41) is 14.5. The first-order valence-electron chi connectivity index (χ1n) is 10.3. The quantitative estimate of drug-likeness (QED) is 0.493. The lowest BCUT2D eigenvalue weighted by Gasteiger charge is -2.28. The number of fused-ring (bicyclic) bond motifs is 1. The summed E-state index contributed by atoms with van der Waals surface area (Å²) >= 11 is 0. The molecule has 4 N–H and O–H groups in total. The highest BCUT2D eigenvalue weighted by Crippen LogP contribution is 2.28. The number of para-hydroxylation sites is 1. The minimum atomic E-state index is -1.07. The van der Waals surface area contributed by atoms with Gasteiger partial charge in [0.25, 0.3) is 5.56 Å². The Kier molecular flexibility index (Phi) is 6.88. The van der Waals surface area contributed by atoms with Crippen molar-refractivity contribution in [2.75, 3.05) is 6.54 Å². The molecule has 0 saturated heterocycles. The van der Waals surface area contributed by atoms with Crippen molar-refractivity contribution in [2.24, 2.45) is 11.8 Å². The van der Waals surface area contributed by atoms with Gasteiger partial charge in [0.1, 0.15) is 12.6 Å². The second-order valence-corrected chi connectivity index (χ2v) is 7.96. The molecule has 0 aliphatic heterocycles. The minimum absolute atomic E-state index is 0.177. The van der Waals surface area contributed by atoms with Crippen molar-refractivity contribution in [2.45, 2.75) is 45.2 Å². The Morgan fingerprint density at radius 1 is 1.16 bits per heavy atom. The Balaban J connectivity index is 1.50. The van der Waals surface area contributed by atoms with Crippen LogP contribution in [0.5, 0.6) is 0 Å². The highest BCUT2D eigenvalue weighted by molar-refractivity contribution is 5.84. The molecule has 0 bridgehead atoms. The summed E-state index contributed by atoms with van der Waals surface area (Å²) in [7, 11) is 0. The third kappa shape index (κ3) is 5.39. The maximum absolute atomic E-state index is 12.5. The van der Waals surface area contributed by atoms with Crippen LogP contribution >= 0.6 is 0 Å². The third-order valence-electron chi connectivity index (χ3n) is 5.73. The zero-order valence-electron chi connectivity index (χ0n) is 17.2. The Morgan fingerprint density at radius 3 is 2.52 bits per heavy atom. The SMILES string of the molecule is CC(NC(=O)C1CCC(CNC(=O)Cn2c(=O)[nH]c3ccccc3c2=O)CC1)C(=O)O. The molecule has 1 aromatic heterocycles. The van der Waals surface area contributed by atoms with Gasteiger partial charge in [-0.2, -0.15) is 0 Å². The highest BCUT2D eigenvalue weighted by atomic mass is 16.4. The first kappa shape index (κ1) is 22.3. The molecule has 2 aromatic rings. The lowest BCUT2D eigenvalue weighted by atomic mass is 9.81. The average Bonchev–Trinajstić information content (AvgIpc) is 2.75. The van der Waals surface area contributed by atoms with Gasteiger partial charge in [-0.05, 0) is 50.7 Å². The molecule has 1 aromatic carbocycles. The molecule has 1 atom stereocenters. The molecule has 3 rings (SSSR count). The van der Waals surface area contributed by atoms with E-state index in [0.717, 1.165) is 17.4 Å². The Bertz CT molecular complexity index is 1100. The molecule has 31 heavy (non-hydrogen) atoms. The van der Waals surface area contributed by atoms with E-state index >= 15 is 0 Å². The van der Waals surface area contributed by atoms with Crippen LogP contribution < -0.4 is 21.9 Å². The van der Waals surface area contributed by atoms with Crippen LogP contribution in [0.1, 0.15) is 32.6 Å². The number of carboxylic acid groups (broad SMARTS) is 1. The van der Waals surface area contributed by atoms with Crippen LogP contribution in [-0.2, 0) is 20.9 Å². The van der Waals surface area contributed by atoms with Crippen molar-refractivity contribution in [3.63, 3.8) is 0 Å². The minimum Gasteiger partial charge on any atom is -0.480 e. The number of carbonyl (C=O) groups excluding carboxylic acids is 2. The number of hydrogen-bond acceptors (Lipinski definition) is 5. The third-order valence-corrected chi connectivity index (χ3v) is 5.73. The molecule has 1 fully saturated rings. The van der Waals surface area contributed by atoms with Crippen molar-refractivity contribution in [1.29, 1.82) is 0 Å². The van der Waals surface area contributed by atoms with Crippen LogP contribution in [0.4, 0.5) is 0 Å². The Labute approximate surface area is 177 Å². The van der Waals surface area contributed by atoms with E-state index in [1.54, 1.807) is 24.3 Å². The van der Waals surface area contributed by atoms with Crippen molar-refractivity contribution in [3.8, 4) is 0 Å². The second kappa shape index (κ2) is 9.59. The van der Waals surface area contributed by atoms with E-state index in [1.165, 1.54) is 6.92 Å². The molecule has 1 heterocycles. The van der Waals surface area contributed by atoms with Crippen LogP contribution in [0, 0.1) is 11.8 Å². The molecule has 1 aliphatic carbocycles. The predicted octanol–water partition coefficient (Wildman–Crippen LogP) is 0.202. The predicted molar refractivity (Wildman–Crippen MR) is 113 cm³/mol. The number of hydrogen-bond donors (Lipinski definition) is 4. The van der Waals surface area contributed by atoms with Crippen molar-refractivity contribution < 1.29 is 19.5 Å². The van der Waals surface area contributed by atoms with E-state index in [-0.39, 0.29) is 24.3 Å². The van der Waals surface area contributed by atoms with Gasteiger partial charge >= 0.3 is 11.7 Å². The number of nitrogens with one attached hydrogen (secondary N) is 3. The number of carbonyl (C=O) groups is 3. The normalized spacial score (nSPS) is 19.5. The van der Waals surface area contributed by atoms with Crippen molar-refractivity contribution in [1.82, 2.24) is 20.2 Å². The smallest absolute Gasteiger partial charge is 0.329 e.